The second kappa shape index (κ2) is 10.2. The zero-order chi connectivity index (χ0) is 22.3. The summed E-state index contributed by atoms with van der Waals surface area (Å²) in [6, 6.07) is 13.0. The van der Waals surface area contributed by atoms with Crippen LogP contribution in [0.2, 0.25) is 0 Å². The van der Waals surface area contributed by atoms with Gasteiger partial charge in [0.2, 0.25) is 10.0 Å². The van der Waals surface area contributed by atoms with Gasteiger partial charge in [-0.3, -0.25) is 9.89 Å². The molecule has 1 aromatic heterocycles. The number of nitrogens with zero attached hydrogens (tertiary/aromatic N) is 2. The van der Waals surface area contributed by atoms with E-state index in [9.17, 15) is 13.2 Å². The smallest absolute Gasteiger partial charge is 0.251 e. The second-order valence-corrected chi connectivity index (χ2v) is 8.20. The summed E-state index contributed by atoms with van der Waals surface area (Å²) in [7, 11) is -0.667. The number of amides is 1. The van der Waals surface area contributed by atoms with Crippen molar-refractivity contribution in [3.8, 4) is 17.1 Å². The number of benzene rings is 2. The summed E-state index contributed by atoms with van der Waals surface area (Å²) in [6.07, 6.45) is 0. The van der Waals surface area contributed by atoms with Crippen molar-refractivity contribution >= 4 is 15.9 Å². The lowest BCUT2D eigenvalue weighted by Gasteiger charge is -2.08. The van der Waals surface area contributed by atoms with Crippen LogP contribution in [-0.2, 0) is 21.3 Å². The first kappa shape index (κ1) is 22.4. The molecule has 1 amide bonds. The number of methoxy groups -OCH3 is 2. The van der Waals surface area contributed by atoms with Crippen molar-refractivity contribution in [1.29, 1.82) is 0 Å². The molecular weight excluding hydrogens is 422 g/mol. The van der Waals surface area contributed by atoms with Crippen LogP contribution >= 0.6 is 0 Å². The number of H-pyrrole nitrogens is 1. The minimum Gasteiger partial charge on any atom is -0.497 e. The third kappa shape index (κ3) is 5.87. The normalized spacial score (nSPS) is 11.3. The molecule has 0 atom stereocenters. The van der Waals surface area contributed by atoms with Crippen molar-refractivity contribution in [2.45, 2.75) is 11.4 Å². The number of nitrogens with one attached hydrogen (secondary N) is 3. The Bertz CT molecular complexity index is 1130. The lowest BCUT2D eigenvalue weighted by atomic mass is 10.2. The molecule has 164 valence electrons. The molecule has 31 heavy (non-hydrogen) atoms. The number of ether oxygens (including phenoxy) is 2. The quantitative estimate of drug-likeness (QED) is 0.401. The summed E-state index contributed by atoms with van der Waals surface area (Å²) in [5, 5.41) is 9.63. The molecular formula is C20H23N5O5S. The van der Waals surface area contributed by atoms with Gasteiger partial charge in [0.15, 0.2) is 5.82 Å². The van der Waals surface area contributed by atoms with Crippen molar-refractivity contribution in [3.63, 3.8) is 0 Å². The van der Waals surface area contributed by atoms with Crippen molar-refractivity contribution in [1.82, 2.24) is 25.2 Å². The molecule has 3 aromatic rings. The van der Waals surface area contributed by atoms with Crippen LogP contribution in [0, 0.1) is 0 Å². The highest BCUT2D eigenvalue weighted by Crippen LogP contribution is 2.19. The summed E-state index contributed by atoms with van der Waals surface area (Å²) in [6.45, 7) is 0.484. The van der Waals surface area contributed by atoms with Crippen LogP contribution in [0.25, 0.3) is 11.4 Å². The standard InChI is InChI=1S/C20H23N5O5S/c1-29-11-10-22-31(27,28)17-5-3-4-15(12-17)20(26)21-13-18-23-19(25-24-18)14-6-8-16(30-2)9-7-14/h3-9,12,22H,10-11,13H2,1-2H3,(H,21,26)(H,23,24,25). The van der Waals surface area contributed by atoms with Crippen molar-refractivity contribution in [3.05, 3.63) is 59.9 Å². The van der Waals surface area contributed by atoms with E-state index in [-0.39, 0.29) is 30.2 Å². The maximum atomic E-state index is 12.5. The molecule has 10 nitrogen and oxygen atoms in total. The van der Waals surface area contributed by atoms with Gasteiger partial charge in [-0.05, 0) is 42.5 Å². The van der Waals surface area contributed by atoms with E-state index in [0.717, 1.165) is 11.3 Å². The van der Waals surface area contributed by atoms with E-state index in [0.29, 0.717) is 11.6 Å². The van der Waals surface area contributed by atoms with Crippen LogP contribution in [0.15, 0.2) is 53.4 Å². The molecule has 0 saturated carbocycles. The molecule has 0 spiro atoms. The minimum atomic E-state index is -3.74. The first-order valence-electron chi connectivity index (χ1n) is 9.35. The number of hydrogen-bond donors (Lipinski definition) is 3. The van der Waals surface area contributed by atoms with E-state index in [2.05, 4.69) is 25.2 Å². The Morgan fingerprint density at radius 3 is 2.61 bits per heavy atom. The third-order valence-electron chi connectivity index (χ3n) is 4.30. The second-order valence-electron chi connectivity index (χ2n) is 6.44. The largest absolute Gasteiger partial charge is 0.497 e. The maximum absolute atomic E-state index is 12.5. The zero-order valence-electron chi connectivity index (χ0n) is 17.1. The summed E-state index contributed by atoms with van der Waals surface area (Å²) < 4.78 is 37.0. The molecule has 0 unspecified atom stereocenters. The van der Waals surface area contributed by atoms with E-state index in [4.69, 9.17) is 9.47 Å². The highest BCUT2D eigenvalue weighted by atomic mass is 32.2. The highest BCUT2D eigenvalue weighted by Gasteiger charge is 2.16. The SMILES string of the molecule is COCCNS(=O)(=O)c1cccc(C(=O)NCc2nc(-c3ccc(OC)cc3)n[nH]2)c1. The van der Waals surface area contributed by atoms with E-state index >= 15 is 0 Å². The summed E-state index contributed by atoms with van der Waals surface area (Å²) in [5.74, 6) is 1.24. The molecule has 3 N–H and O–H groups in total. The molecule has 0 fully saturated rings. The monoisotopic (exact) mass is 445 g/mol. The molecule has 1 heterocycles. The molecule has 0 bridgehead atoms. The van der Waals surface area contributed by atoms with Gasteiger partial charge >= 0.3 is 0 Å². The van der Waals surface area contributed by atoms with Crippen LogP contribution in [0.3, 0.4) is 0 Å². The Morgan fingerprint density at radius 1 is 1.13 bits per heavy atom. The third-order valence-corrected chi connectivity index (χ3v) is 5.76. The van der Waals surface area contributed by atoms with Gasteiger partial charge in [0.1, 0.15) is 11.6 Å². The van der Waals surface area contributed by atoms with Gasteiger partial charge in [-0.15, -0.1) is 0 Å². The molecule has 0 radical (unpaired) electrons. The van der Waals surface area contributed by atoms with E-state index < -0.39 is 15.9 Å². The van der Waals surface area contributed by atoms with E-state index in [1.54, 1.807) is 19.2 Å². The van der Waals surface area contributed by atoms with Gasteiger partial charge in [0.05, 0.1) is 25.2 Å². The molecule has 0 saturated heterocycles. The molecule has 0 aliphatic rings. The van der Waals surface area contributed by atoms with Crippen molar-refractivity contribution < 1.29 is 22.7 Å². The van der Waals surface area contributed by atoms with Gasteiger partial charge in [0, 0.05) is 24.8 Å². The van der Waals surface area contributed by atoms with E-state index in [1.165, 1.54) is 31.4 Å². The predicted molar refractivity (Wildman–Crippen MR) is 113 cm³/mol. The minimum absolute atomic E-state index is 0.00212. The topological polar surface area (TPSA) is 135 Å². The van der Waals surface area contributed by atoms with Crippen molar-refractivity contribution in [2.24, 2.45) is 0 Å². The number of aromatic nitrogens is 3. The van der Waals surface area contributed by atoms with Crippen LogP contribution in [-0.4, -0.2) is 56.9 Å². The Kier molecular flexibility index (Phi) is 7.34. The maximum Gasteiger partial charge on any atom is 0.251 e. The lowest BCUT2D eigenvalue weighted by Crippen LogP contribution is -2.28. The first-order chi connectivity index (χ1) is 14.9. The Morgan fingerprint density at radius 2 is 1.90 bits per heavy atom. The van der Waals surface area contributed by atoms with Gasteiger partial charge in [-0.2, -0.15) is 5.10 Å². The average molecular weight is 446 g/mol. The Balaban J connectivity index is 1.63. The fourth-order valence-corrected chi connectivity index (χ4v) is 3.73. The number of sulfonamides is 1. The van der Waals surface area contributed by atoms with Crippen LogP contribution in [0.1, 0.15) is 16.2 Å². The lowest BCUT2D eigenvalue weighted by molar-refractivity contribution is 0.0949. The highest BCUT2D eigenvalue weighted by molar-refractivity contribution is 7.89. The van der Waals surface area contributed by atoms with Crippen molar-refractivity contribution in [2.75, 3.05) is 27.4 Å². The fourth-order valence-electron chi connectivity index (χ4n) is 2.68. The van der Waals surface area contributed by atoms with Gasteiger partial charge in [-0.1, -0.05) is 6.07 Å². The number of aromatic amines is 1. The number of carbonyl (C=O) groups is 1. The van der Waals surface area contributed by atoms with Crippen LogP contribution < -0.4 is 14.8 Å². The summed E-state index contributed by atoms with van der Waals surface area (Å²) in [5.41, 5.74) is 1.01. The molecule has 3 rings (SSSR count). The first-order valence-corrected chi connectivity index (χ1v) is 10.8. The molecule has 11 heteroatoms. The van der Waals surface area contributed by atoms with Crippen LogP contribution in [0.4, 0.5) is 0 Å². The van der Waals surface area contributed by atoms with E-state index in [1.807, 2.05) is 12.1 Å². The number of rotatable bonds is 10. The van der Waals surface area contributed by atoms with Gasteiger partial charge in [-0.25, -0.2) is 18.1 Å². The van der Waals surface area contributed by atoms with Gasteiger partial charge in [0.25, 0.3) is 5.91 Å². The average Bonchev–Trinajstić information content (AvgIpc) is 3.27. The number of carbonyl (C=O) groups excluding carboxylic acids is 1. The summed E-state index contributed by atoms with van der Waals surface area (Å²) in [4.78, 5) is 16.8. The fraction of sp³-hybridized carbons (Fsp3) is 0.250. The molecule has 0 aliphatic heterocycles. The van der Waals surface area contributed by atoms with Gasteiger partial charge < -0.3 is 14.8 Å². The summed E-state index contributed by atoms with van der Waals surface area (Å²) >= 11 is 0. The Labute approximate surface area is 180 Å². The predicted octanol–water partition coefficient (Wildman–Crippen LogP) is 1.33. The Hall–Kier alpha value is -3.28. The molecule has 2 aromatic carbocycles. The number of hydrogen-bond acceptors (Lipinski definition) is 7. The molecule has 0 aliphatic carbocycles. The zero-order valence-corrected chi connectivity index (χ0v) is 17.9. The van der Waals surface area contributed by atoms with Crippen LogP contribution in [0.5, 0.6) is 5.75 Å².